The standard InChI is InChI=1S/C20H29N5OS/c1-15-7-9-16(10-8-15)18-22-23-19(27)25(18)13-17(26)21-14-20(2,3)24-11-5-4-6-12-24/h7-10H,4-6,11-14H2,1-3H3,(H,21,26)(H,23,27). The van der Waals surface area contributed by atoms with Crippen molar-refractivity contribution in [3.63, 3.8) is 0 Å². The molecule has 1 aliphatic rings. The molecule has 7 heteroatoms. The predicted octanol–water partition coefficient (Wildman–Crippen LogP) is 3.30. The fourth-order valence-electron chi connectivity index (χ4n) is 3.51. The van der Waals surface area contributed by atoms with E-state index in [9.17, 15) is 4.79 Å². The molecule has 1 aliphatic heterocycles. The molecule has 2 heterocycles. The van der Waals surface area contributed by atoms with Crippen molar-refractivity contribution in [2.75, 3.05) is 19.6 Å². The minimum absolute atomic E-state index is 0.0479. The first-order valence-corrected chi connectivity index (χ1v) is 10.0. The number of H-pyrrole nitrogens is 1. The van der Waals surface area contributed by atoms with Crippen LogP contribution < -0.4 is 5.32 Å². The third-order valence-electron chi connectivity index (χ3n) is 5.30. The van der Waals surface area contributed by atoms with Gasteiger partial charge in [0.25, 0.3) is 0 Å². The van der Waals surface area contributed by atoms with Gasteiger partial charge in [0, 0.05) is 17.6 Å². The van der Waals surface area contributed by atoms with Crippen molar-refractivity contribution in [3.8, 4) is 11.4 Å². The summed E-state index contributed by atoms with van der Waals surface area (Å²) in [5, 5.41) is 10.2. The number of nitrogens with zero attached hydrogens (tertiary/aromatic N) is 3. The Balaban J connectivity index is 1.65. The Kier molecular flexibility index (Phi) is 6.11. The average molecular weight is 388 g/mol. The van der Waals surface area contributed by atoms with Crippen LogP contribution in [0, 0.1) is 11.7 Å². The molecule has 0 unspecified atom stereocenters. The molecule has 1 amide bonds. The Morgan fingerprint density at radius 2 is 1.89 bits per heavy atom. The van der Waals surface area contributed by atoms with E-state index < -0.39 is 0 Å². The van der Waals surface area contributed by atoms with Gasteiger partial charge in [-0.05, 0) is 58.9 Å². The molecule has 6 nitrogen and oxygen atoms in total. The second-order valence-electron chi connectivity index (χ2n) is 7.94. The minimum Gasteiger partial charge on any atom is -0.353 e. The smallest absolute Gasteiger partial charge is 0.240 e. The summed E-state index contributed by atoms with van der Waals surface area (Å²) in [5.41, 5.74) is 2.07. The van der Waals surface area contributed by atoms with Crippen molar-refractivity contribution < 1.29 is 4.79 Å². The highest BCUT2D eigenvalue weighted by Gasteiger charge is 2.28. The van der Waals surface area contributed by atoms with Crippen molar-refractivity contribution in [3.05, 3.63) is 34.6 Å². The Morgan fingerprint density at radius 1 is 1.22 bits per heavy atom. The molecule has 0 spiro atoms. The number of aromatic nitrogens is 3. The molecular formula is C20H29N5OS. The molecule has 2 aromatic rings. The number of piperidine rings is 1. The van der Waals surface area contributed by atoms with Crippen LogP contribution in [0.25, 0.3) is 11.4 Å². The maximum absolute atomic E-state index is 12.6. The Bertz CT molecular complexity index is 831. The first-order valence-electron chi connectivity index (χ1n) is 9.61. The lowest BCUT2D eigenvalue weighted by Gasteiger charge is -2.41. The number of aromatic amines is 1. The van der Waals surface area contributed by atoms with Crippen molar-refractivity contribution in [1.29, 1.82) is 0 Å². The van der Waals surface area contributed by atoms with E-state index in [-0.39, 0.29) is 18.0 Å². The van der Waals surface area contributed by atoms with Gasteiger partial charge in [0.1, 0.15) is 6.54 Å². The Labute approximate surface area is 166 Å². The van der Waals surface area contributed by atoms with Crippen LogP contribution in [0.3, 0.4) is 0 Å². The highest BCUT2D eigenvalue weighted by molar-refractivity contribution is 7.71. The van der Waals surface area contributed by atoms with Crippen LogP contribution in [-0.4, -0.2) is 50.7 Å². The molecule has 1 aromatic heterocycles. The van der Waals surface area contributed by atoms with Crippen molar-refractivity contribution in [2.24, 2.45) is 0 Å². The molecule has 2 N–H and O–H groups in total. The Hall–Kier alpha value is -1.99. The molecule has 146 valence electrons. The number of hydrogen-bond donors (Lipinski definition) is 2. The third-order valence-corrected chi connectivity index (χ3v) is 5.61. The number of carbonyl (C=O) groups excluding carboxylic acids is 1. The highest BCUT2D eigenvalue weighted by Crippen LogP contribution is 2.20. The molecule has 27 heavy (non-hydrogen) atoms. The summed E-state index contributed by atoms with van der Waals surface area (Å²) < 4.78 is 2.21. The molecule has 1 saturated heterocycles. The van der Waals surface area contributed by atoms with Gasteiger partial charge in [-0.25, -0.2) is 0 Å². The topological polar surface area (TPSA) is 66.0 Å². The quantitative estimate of drug-likeness (QED) is 0.747. The van der Waals surface area contributed by atoms with Crippen LogP contribution in [0.15, 0.2) is 24.3 Å². The largest absolute Gasteiger partial charge is 0.353 e. The molecule has 0 atom stereocenters. The van der Waals surface area contributed by atoms with Crippen molar-refractivity contribution in [2.45, 2.75) is 52.1 Å². The van der Waals surface area contributed by atoms with Gasteiger partial charge in [-0.1, -0.05) is 36.2 Å². The zero-order valence-corrected chi connectivity index (χ0v) is 17.2. The van der Waals surface area contributed by atoms with E-state index in [2.05, 4.69) is 34.3 Å². The van der Waals surface area contributed by atoms with Gasteiger partial charge in [0.2, 0.25) is 5.91 Å². The fraction of sp³-hybridized carbons (Fsp3) is 0.550. The second-order valence-corrected chi connectivity index (χ2v) is 8.33. The van der Waals surface area contributed by atoms with Gasteiger partial charge in [-0.15, -0.1) is 0 Å². The lowest BCUT2D eigenvalue weighted by molar-refractivity contribution is -0.122. The monoisotopic (exact) mass is 387 g/mol. The lowest BCUT2D eigenvalue weighted by Crippen LogP contribution is -2.53. The molecular weight excluding hydrogens is 358 g/mol. The van der Waals surface area contributed by atoms with E-state index >= 15 is 0 Å². The van der Waals surface area contributed by atoms with Gasteiger partial charge >= 0.3 is 0 Å². The maximum atomic E-state index is 12.6. The first-order chi connectivity index (χ1) is 12.9. The van der Waals surface area contributed by atoms with E-state index in [1.807, 2.05) is 31.2 Å². The lowest BCUT2D eigenvalue weighted by atomic mass is 9.98. The number of aryl methyl sites for hydroxylation is 1. The molecule has 1 aromatic carbocycles. The van der Waals surface area contributed by atoms with E-state index in [0.29, 0.717) is 17.1 Å². The fourth-order valence-corrected chi connectivity index (χ4v) is 3.71. The second kappa shape index (κ2) is 8.35. The summed E-state index contributed by atoms with van der Waals surface area (Å²) >= 11 is 5.33. The molecule has 1 fully saturated rings. The van der Waals surface area contributed by atoms with Gasteiger partial charge in [-0.3, -0.25) is 19.4 Å². The summed E-state index contributed by atoms with van der Waals surface area (Å²) in [6.45, 7) is 9.42. The van der Waals surface area contributed by atoms with E-state index in [1.165, 1.54) is 24.8 Å². The van der Waals surface area contributed by atoms with Crippen LogP contribution in [0.2, 0.25) is 0 Å². The van der Waals surface area contributed by atoms with Gasteiger partial charge in [-0.2, -0.15) is 5.10 Å². The van der Waals surface area contributed by atoms with Crippen LogP contribution in [0.1, 0.15) is 38.7 Å². The summed E-state index contributed by atoms with van der Waals surface area (Å²) in [7, 11) is 0. The average Bonchev–Trinajstić information content (AvgIpc) is 3.02. The van der Waals surface area contributed by atoms with Crippen molar-refractivity contribution >= 4 is 18.1 Å². The number of rotatable bonds is 6. The van der Waals surface area contributed by atoms with E-state index in [0.717, 1.165) is 18.7 Å². The summed E-state index contributed by atoms with van der Waals surface area (Å²) in [4.78, 5) is 15.1. The van der Waals surface area contributed by atoms with E-state index in [4.69, 9.17) is 12.2 Å². The van der Waals surface area contributed by atoms with Crippen LogP contribution in [-0.2, 0) is 11.3 Å². The van der Waals surface area contributed by atoms with Gasteiger partial charge in [0.05, 0.1) is 0 Å². The van der Waals surface area contributed by atoms with Crippen LogP contribution in [0.5, 0.6) is 0 Å². The number of nitrogens with one attached hydrogen (secondary N) is 2. The first kappa shape index (κ1) is 19.8. The third kappa shape index (κ3) is 4.84. The summed E-state index contributed by atoms with van der Waals surface area (Å²) in [6, 6.07) is 8.04. The molecule has 3 rings (SSSR count). The number of hydrogen-bond acceptors (Lipinski definition) is 4. The molecule has 0 radical (unpaired) electrons. The zero-order chi connectivity index (χ0) is 19.4. The molecule has 0 saturated carbocycles. The Morgan fingerprint density at radius 3 is 2.56 bits per heavy atom. The van der Waals surface area contributed by atoms with Gasteiger partial charge in [0.15, 0.2) is 10.6 Å². The molecule has 0 aliphatic carbocycles. The maximum Gasteiger partial charge on any atom is 0.240 e. The normalized spacial score (nSPS) is 15.7. The SMILES string of the molecule is Cc1ccc(-c2n[nH]c(=S)n2CC(=O)NCC(C)(C)N2CCCCC2)cc1. The number of benzene rings is 1. The van der Waals surface area contributed by atoms with Gasteiger partial charge < -0.3 is 5.32 Å². The zero-order valence-electron chi connectivity index (χ0n) is 16.4. The van der Waals surface area contributed by atoms with Crippen molar-refractivity contribution in [1.82, 2.24) is 25.0 Å². The van der Waals surface area contributed by atoms with Crippen LogP contribution in [0.4, 0.5) is 0 Å². The molecule has 0 bridgehead atoms. The summed E-state index contributed by atoms with van der Waals surface area (Å²) in [5.74, 6) is 0.636. The minimum atomic E-state index is -0.0500. The number of likely N-dealkylation sites (tertiary alicyclic amines) is 1. The van der Waals surface area contributed by atoms with E-state index in [1.54, 1.807) is 4.57 Å². The summed E-state index contributed by atoms with van der Waals surface area (Å²) in [6.07, 6.45) is 3.78. The number of amides is 1. The van der Waals surface area contributed by atoms with Crippen LogP contribution >= 0.6 is 12.2 Å². The number of carbonyl (C=O) groups is 1. The highest BCUT2D eigenvalue weighted by atomic mass is 32.1. The predicted molar refractivity (Wildman–Crippen MR) is 110 cm³/mol.